The summed E-state index contributed by atoms with van der Waals surface area (Å²) in [5.41, 5.74) is 0.376. The van der Waals surface area contributed by atoms with Crippen molar-refractivity contribution < 1.29 is 9.90 Å². The molecule has 0 aromatic carbocycles. The van der Waals surface area contributed by atoms with Crippen LogP contribution in [-0.2, 0) is 4.79 Å². The Bertz CT molecular complexity index is 384. The summed E-state index contributed by atoms with van der Waals surface area (Å²) in [6, 6.07) is 2.18. The Kier molecular flexibility index (Phi) is 3.76. The summed E-state index contributed by atoms with van der Waals surface area (Å²) in [5.74, 6) is -0.795. The summed E-state index contributed by atoms with van der Waals surface area (Å²) in [6.45, 7) is 7.57. The zero-order chi connectivity index (χ0) is 12.5. The topological polar surface area (TPSA) is 40.5 Å². The van der Waals surface area contributed by atoms with Crippen LogP contribution in [0.25, 0.3) is 0 Å². The molecule has 1 atom stereocenters. The summed E-state index contributed by atoms with van der Waals surface area (Å²) in [7, 11) is 1.86. The van der Waals surface area contributed by atoms with E-state index in [9.17, 15) is 9.90 Å². The highest BCUT2D eigenvalue weighted by molar-refractivity contribution is 7.10. The van der Waals surface area contributed by atoms with Crippen LogP contribution in [0.2, 0.25) is 0 Å². The maximum absolute atomic E-state index is 11.2. The average molecular weight is 241 g/mol. The van der Waals surface area contributed by atoms with Gasteiger partial charge in [0.15, 0.2) is 0 Å². The lowest BCUT2D eigenvalue weighted by atomic mass is 10.0. The molecular weight excluding hydrogens is 222 g/mol. The molecule has 0 saturated carbocycles. The Labute approximate surface area is 101 Å². The molecule has 1 aromatic rings. The number of aliphatic carboxylic acids is 1. The summed E-state index contributed by atoms with van der Waals surface area (Å²) in [4.78, 5) is 14.3. The highest BCUT2D eigenvalue weighted by Gasteiger charge is 2.35. The van der Waals surface area contributed by atoms with E-state index < -0.39 is 11.5 Å². The van der Waals surface area contributed by atoms with Gasteiger partial charge >= 0.3 is 5.97 Å². The highest BCUT2D eigenvalue weighted by atomic mass is 32.1. The van der Waals surface area contributed by atoms with Gasteiger partial charge in [-0.15, -0.1) is 11.3 Å². The van der Waals surface area contributed by atoms with Crippen LogP contribution in [0.4, 0.5) is 0 Å². The largest absolute Gasteiger partial charge is 0.480 e. The molecule has 0 aliphatic rings. The molecule has 4 heteroatoms. The van der Waals surface area contributed by atoms with E-state index in [1.165, 1.54) is 10.4 Å². The summed E-state index contributed by atoms with van der Waals surface area (Å²) >= 11 is 1.68. The molecule has 1 heterocycles. The van der Waals surface area contributed by atoms with Crippen molar-refractivity contribution in [2.75, 3.05) is 7.05 Å². The third-order valence-corrected chi connectivity index (χ3v) is 4.46. The van der Waals surface area contributed by atoms with E-state index in [0.717, 1.165) is 0 Å². The van der Waals surface area contributed by atoms with E-state index in [0.29, 0.717) is 0 Å². The van der Waals surface area contributed by atoms with Gasteiger partial charge in [-0.1, -0.05) is 0 Å². The first-order valence-electron chi connectivity index (χ1n) is 5.28. The fourth-order valence-electron chi connectivity index (χ4n) is 1.62. The first-order valence-corrected chi connectivity index (χ1v) is 6.16. The predicted octanol–water partition coefficient (Wildman–Crippen LogP) is 2.91. The number of hydrogen-bond donors (Lipinski definition) is 1. The SMILES string of the molecule is Cc1ccsc1C(C)N(C)C(C)(C)C(=O)O. The van der Waals surface area contributed by atoms with Crippen molar-refractivity contribution in [3.05, 3.63) is 21.9 Å². The lowest BCUT2D eigenvalue weighted by Crippen LogP contribution is -2.48. The highest BCUT2D eigenvalue weighted by Crippen LogP contribution is 2.31. The second-order valence-electron chi connectivity index (χ2n) is 4.62. The minimum Gasteiger partial charge on any atom is -0.480 e. The molecule has 0 amide bonds. The van der Waals surface area contributed by atoms with Crippen LogP contribution < -0.4 is 0 Å². The Hall–Kier alpha value is -0.870. The van der Waals surface area contributed by atoms with Gasteiger partial charge in [-0.05, 0) is 51.8 Å². The second kappa shape index (κ2) is 4.55. The van der Waals surface area contributed by atoms with Crippen molar-refractivity contribution in [3.8, 4) is 0 Å². The fourth-order valence-corrected chi connectivity index (χ4v) is 2.65. The van der Waals surface area contributed by atoms with E-state index in [-0.39, 0.29) is 6.04 Å². The van der Waals surface area contributed by atoms with E-state index in [2.05, 4.69) is 13.0 Å². The standard InChI is InChI=1S/C12H19NO2S/c1-8-6-7-16-10(8)9(2)13(5)12(3,4)11(14)15/h6-7,9H,1-5H3,(H,14,15). The van der Waals surface area contributed by atoms with Crippen LogP contribution in [0.1, 0.15) is 37.3 Å². The quantitative estimate of drug-likeness (QED) is 0.881. The van der Waals surface area contributed by atoms with Gasteiger partial charge in [0.2, 0.25) is 0 Å². The number of carbonyl (C=O) groups is 1. The third-order valence-electron chi connectivity index (χ3n) is 3.27. The molecule has 3 nitrogen and oxygen atoms in total. The fraction of sp³-hybridized carbons (Fsp3) is 0.583. The van der Waals surface area contributed by atoms with Gasteiger partial charge in [0.25, 0.3) is 0 Å². The first kappa shape index (κ1) is 13.2. The number of likely N-dealkylation sites (N-methyl/N-ethyl adjacent to an activating group) is 1. The van der Waals surface area contributed by atoms with Gasteiger partial charge in [0, 0.05) is 10.9 Å². The van der Waals surface area contributed by atoms with Gasteiger partial charge in [-0.2, -0.15) is 0 Å². The summed E-state index contributed by atoms with van der Waals surface area (Å²) < 4.78 is 0. The minimum absolute atomic E-state index is 0.117. The van der Waals surface area contributed by atoms with Gasteiger partial charge in [-0.3, -0.25) is 9.69 Å². The molecule has 1 rings (SSSR count). The van der Waals surface area contributed by atoms with Gasteiger partial charge < -0.3 is 5.11 Å². The average Bonchev–Trinajstić information content (AvgIpc) is 2.61. The maximum atomic E-state index is 11.2. The van der Waals surface area contributed by atoms with Crippen LogP contribution >= 0.6 is 11.3 Å². The van der Waals surface area contributed by atoms with Gasteiger partial charge in [0.05, 0.1) is 0 Å². The zero-order valence-electron chi connectivity index (χ0n) is 10.4. The van der Waals surface area contributed by atoms with Crippen molar-refractivity contribution in [3.63, 3.8) is 0 Å². The van der Waals surface area contributed by atoms with Crippen LogP contribution in [0.15, 0.2) is 11.4 Å². The molecule has 1 unspecified atom stereocenters. The van der Waals surface area contributed by atoms with Crippen molar-refractivity contribution >= 4 is 17.3 Å². The molecule has 0 aliphatic carbocycles. The Morgan fingerprint density at radius 3 is 2.50 bits per heavy atom. The third kappa shape index (κ3) is 2.28. The van der Waals surface area contributed by atoms with E-state index in [1.807, 2.05) is 24.3 Å². The van der Waals surface area contributed by atoms with E-state index in [4.69, 9.17) is 0 Å². The van der Waals surface area contributed by atoms with Crippen LogP contribution in [-0.4, -0.2) is 28.6 Å². The number of hydrogen-bond acceptors (Lipinski definition) is 3. The smallest absolute Gasteiger partial charge is 0.323 e. The van der Waals surface area contributed by atoms with Crippen molar-refractivity contribution in [2.24, 2.45) is 0 Å². The van der Waals surface area contributed by atoms with Crippen molar-refractivity contribution in [1.82, 2.24) is 4.90 Å². The Morgan fingerprint density at radius 1 is 1.56 bits per heavy atom. The molecule has 1 N–H and O–H groups in total. The van der Waals surface area contributed by atoms with Gasteiger partial charge in [0.1, 0.15) is 5.54 Å². The van der Waals surface area contributed by atoms with Crippen molar-refractivity contribution in [1.29, 1.82) is 0 Å². The molecule has 0 saturated heterocycles. The van der Waals surface area contributed by atoms with Crippen LogP contribution in [0.5, 0.6) is 0 Å². The van der Waals surface area contributed by atoms with Crippen LogP contribution in [0, 0.1) is 6.92 Å². The molecule has 0 aliphatic heterocycles. The first-order chi connectivity index (χ1) is 7.28. The molecule has 0 spiro atoms. The number of aryl methyl sites for hydroxylation is 1. The number of nitrogens with zero attached hydrogens (tertiary/aromatic N) is 1. The summed E-state index contributed by atoms with van der Waals surface area (Å²) in [5, 5.41) is 11.2. The number of thiophene rings is 1. The molecule has 90 valence electrons. The summed E-state index contributed by atoms with van der Waals surface area (Å²) in [6.07, 6.45) is 0. The predicted molar refractivity (Wildman–Crippen MR) is 66.9 cm³/mol. The number of rotatable bonds is 4. The molecular formula is C12H19NO2S. The molecule has 0 fully saturated rings. The number of carboxylic acids is 1. The second-order valence-corrected chi connectivity index (χ2v) is 5.57. The monoisotopic (exact) mass is 241 g/mol. The van der Waals surface area contributed by atoms with E-state index >= 15 is 0 Å². The maximum Gasteiger partial charge on any atom is 0.323 e. The minimum atomic E-state index is -0.851. The van der Waals surface area contributed by atoms with Crippen molar-refractivity contribution in [2.45, 2.75) is 39.3 Å². The van der Waals surface area contributed by atoms with Gasteiger partial charge in [-0.25, -0.2) is 0 Å². The lowest BCUT2D eigenvalue weighted by molar-refractivity contribution is -0.149. The Balaban J connectivity index is 2.95. The lowest BCUT2D eigenvalue weighted by Gasteiger charge is -2.36. The van der Waals surface area contributed by atoms with Crippen LogP contribution in [0.3, 0.4) is 0 Å². The Morgan fingerprint density at radius 2 is 2.12 bits per heavy atom. The normalized spacial score (nSPS) is 14.1. The molecule has 1 aromatic heterocycles. The molecule has 0 radical (unpaired) electrons. The molecule has 16 heavy (non-hydrogen) atoms. The van der Waals surface area contributed by atoms with E-state index in [1.54, 1.807) is 25.2 Å². The number of carboxylic acid groups (broad SMARTS) is 1. The zero-order valence-corrected chi connectivity index (χ0v) is 11.3. The molecule has 0 bridgehead atoms.